The molecule has 5 rings (SSSR count). The van der Waals surface area contributed by atoms with Gasteiger partial charge in [-0.25, -0.2) is 0 Å². The van der Waals surface area contributed by atoms with E-state index in [0.717, 1.165) is 44.6 Å². The Morgan fingerprint density at radius 2 is 1.64 bits per heavy atom. The number of hydrogen-bond acceptors (Lipinski definition) is 3. The van der Waals surface area contributed by atoms with E-state index in [1.165, 1.54) is 16.8 Å². The van der Waals surface area contributed by atoms with Crippen molar-refractivity contribution in [2.75, 3.05) is 31.1 Å². The van der Waals surface area contributed by atoms with Crippen molar-refractivity contribution in [3.63, 3.8) is 0 Å². The molecule has 1 amide bonds. The van der Waals surface area contributed by atoms with Crippen LogP contribution >= 0.6 is 0 Å². The van der Waals surface area contributed by atoms with Crippen molar-refractivity contribution in [1.29, 1.82) is 0 Å². The van der Waals surface area contributed by atoms with Crippen LogP contribution in [0.4, 0.5) is 5.69 Å². The number of carbonyl (C=O) groups is 1. The molecule has 3 unspecified atom stereocenters. The zero-order chi connectivity index (χ0) is 22.6. The van der Waals surface area contributed by atoms with Crippen LogP contribution in [0.3, 0.4) is 0 Å². The van der Waals surface area contributed by atoms with Crippen LogP contribution in [-0.2, 0) is 17.6 Å². The molecular formula is C29H33N3O. The molecule has 3 aromatic rings. The lowest BCUT2D eigenvalue weighted by molar-refractivity contribution is -0.126. The highest BCUT2D eigenvalue weighted by atomic mass is 16.2. The minimum Gasteiger partial charge on any atom is -0.365 e. The number of benzene rings is 3. The molecule has 33 heavy (non-hydrogen) atoms. The zero-order valence-electron chi connectivity index (χ0n) is 19.4. The maximum atomic E-state index is 13.6. The molecule has 2 aliphatic heterocycles. The third-order valence-electron chi connectivity index (χ3n) is 7.26. The molecule has 0 bridgehead atoms. The number of para-hydroxylation sites is 1. The number of rotatable bonds is 6. The van der Waals surface area contributed by atoms with Gasteiger partial charge in [-0.15, -0.1) is 0 Å². The van der Waals surface area contributed by atoms with Crippen LogP contribution in [0.5, 0.6) is 0 Å². The molecule has 1 fully saturated rings. The number of anilines is 1. The van der Waals surface area contributed by atoms with Crippen LogP contribution in [-0.4, -0.2) is 43.0 Å². The molecular weight excluding hydrogens is 406 g/mol. The van der Waals surface area contributed by atoms with E-state index in [1.807, 2.05) is 18.2 Å². The highest BCUT2D eigenvalue weighted by Gasteiger charge is 2.41. The van der Waals surface area contributed by atoms with Crippen LogP contribution in [0.2, 0.25) is 0 Å². The number of piperazine rings is 1. The molecule has 2 heterocycles. The third kappa shape index (κ3) is 4.81. The van der Waals surface area contributed by atoms with Gasteiger partial charge in [0.05, 0.1) is 18.0 Å². The van der Waals surface area contributed by atoms with Gasteiger partial charge in [-0.3, -0.25) is 9.69 Å². The molecule has 0 aliphatic carbocycles. The van der Waals surface area contributed by atoms with Crippen molar-refractivity contribution in [2.45, 2.75) is 31.8 Å². The molecule has 4 nitrogen and oxygen atoms in total. The van der Waals surface area contributed by atoms with Crippen molar-refractivity contribution in [3.8, 4) is 0 Å². The molecule has 3 atom stereocenters. The normalized spacial score (nSPS) is 21.1. The van der Waals surface area contributed by atoms with Crippen LogP contribution < -0.4 is 10.2 Å². The van der Waals surface area contributed by atoms with E-state index in [4.69, 9.17) is 0 Å². The first kappa shape index (κ1) is 21.7. The second kappa shape index (κ2) is 9.80. The largest absolute Gasteiger partial charge is 0.365 e. The van der Waals surface area contributed by atoms with Gasteiger partial charge in [0.2, 0.25) is 5.91 Å². The van der Waals surface area contributed by atoms with Gasteiger partial charge in [0.1, 0.15) is 0 Å². The average molecular weight is 440 g/mol. The van der Waals surface area contributed by atoms with Crippen molar-refractivity contribution in [3.05, 3.63) is 102 Å². The lowest BCUT2D eigenvalue weighted by Gasteiger charge is -2.49. The van der Waals surface area contributed by atoms with E-state index in [0.29, 0.717) is 0 Å². The Hall–Kier alpha value is -3.11. The SMILES string of the molecule is CC(NC(=O)C1Cc2ccccc2N2CCN(CCc3ccccc3)CC12)c1ccccc1. The maximum absolute atomic E-state index is 13.6. The van der Waals surface area contributed by atoms with Crippen molar-refractivity contribution in [2.24, 2.45) is 5.92 Å². The quantitative estimate of drug-likeness (QED) is 0.616. The fourth-order valence-electron chi connectivity index (χ4n) is 5.40. The summed E-state index contributed by atoms with van der Waals surface area (Å²) >= 11 is 0. The Morgan fingerprint density at radius 1 is 0.939 bits per heavy atom. The van der Waals surface area contributed by atoms with E-state index in [1.54, 1.807) is 0 Å². The third-order valence-corrected chi connectivity index (χ3v) is 7.26. The van der Waals surface area contributed by atoms with Gasteiger partial charge in [0, 0.05) is 31.9 Å². The molecule has 0 saturated carbocycles. The Kier molecular flexibility index (Phi) is 6.45. The maximum Gasteiger partial charge on any atom is 0.226 e. The molecule has 4 heteroatoms. The molecule has 170 valence electrons. The molecule has 1 saturated heterocycles. The van der Waals surface area contributed by atoms with E-state index in [-0.39, 0.29) is 23.9 Å². The Labute approximate surface area is 197 Å². The van der Waals surface area contributed by atoms with Gasteiger partial charge >= 0.3 is 0 Å². The van der Waals surface area contributed by atoms with Gasteiger partial charge in [0.15, 0.2) is 0 Å². The lowest BCUT2D eigenvalue weighted by atomic mass is 9.83. The summed E-state index contributed by atoms with van der Waals surface area (Å²) in [6, 6.07) is 29.8. The van der Waals surface area contributed by atoms with Crippen LogP contribution in [0.15, 0.2) is 84.9 Å². The van der Waals surface area contributed by atoms with Crippen LogP contribution in [0.25, 0.3) is 0 Å². The molecule has 3 aromatic carbocycles. The monoisotopic (exact) mass is 439 g/mol. The summed E-state index contributed by atoms with van der Waals surface area (Å²) in [5.41, 5.74) is 5.12. The van der Waals surface area contributed by atoms with Gasteiger partial charge < -0.3 is 10.2 Å². The fraction of sp³-hybridized carbons (Fsp3) is 0.345. The number of hydrogen-bond donors (Lipinski definition) is 1. The Balaban J connectivity index is 1.33. The van der Waals surface area contributed by atoms with E-state index >= 15 is 0 Å². The summed E-state index contributed by atoms with van der Waals surface area (Å²) in [6.07, 6.45) is 1.85. The first-order valence-corrected chi connectivity index (χ1v) is 12.1. The predicted molar refractivity (Wildman–Crippen MR) is 134 cm³/mol. The van der Waals surface area contributed by atoms with E-state index < -0.39 is 0 Å². The number of amides is 1. The first-order chi connectivity index (χ1) is 16.2. The first-order valence-electron chi connectivity index (χ1n) is 12.1. The number of carbonyl (C=O) groups excluding carboxylic acids is 1. The predicted octanol–water partition coefficient (Wildman–Crippen LogP) is 4.47. The second-order valence-corrected chi connectivity index (χ2v) is 9.38. The zero-order valence-corrected chi connectivity index (χ0v) is 19.4. The highest BCUT2D eigenvalue weighted by Crippen LogP contribution is 2.36. The summed E-state index contributed by atoms with van der Waals surface area (Å²) in [5, 5.41) is 3.32. The minimum absolute atomic E-state index is 0.00194. The fourth-order valence-corrected chi connectivity index (χ4v) is 5.40. The number of fused-ring (bicyclic) bond motifs is 3. The standard InChI is InChI=1S/C29H33N3O/c1-22(24-12-6-3-7-13-24)30-29(33)26-20-25-14-8-9-15-27(25)32-19-18-31(21-28(26)32)17-16-23-10-4-2-5-11-23/h2-15,22,26,28H,16-21H2,1H3,(H,30,33). The Bertz CT molecular complexity index is 1070. The molecule has 2 aliphatic rings. The van der Waals surface area contributed by atoms with Crippen molar-refractivity contribution < 1.29 is 4.79 Å². The summed E-state index contributed by atoms with van der Waals surface area (Å²) in [6.45, 7) is 6.04. The van der Waals surface area contributed by atoms with Gasteiger partial charge in [-0.05, 0) is 42.5 Å². The van der Waals surface area contributed by atoms with Gasteiger partial charge in [-0.1, -0.05) is 78.9 Å². The van der Waals surface area contributed by atoms with Crippen molar-refractivity contribution >= 4 is 11.6 Å². The summed E-state index contributed by atoms with van der Waals surface area (Å²) in [4.78, 5) is 18.6. The van der Waals surface area contributed by atoms with Gasteiger partial charge in [-0.2, -0.15) is 0 Å². The second-order valence-electron chi connectivity index (χ2n) is 9.38. The molecule has 1 N–H and O–H groups in total. The molecule has 0 radical (unpaired) electrons. The summed E-state index contributed by atoms with van der Waals surface area (Å²) < 4.78 is 0. The molecule has 0 aromatic heterocycles. The average Bonchev–Trinajstić information content (AvgIpc) is 2.88. The Morgan fingerprint density at radius 3 is 2.42 bits per heavy atom. The molecule has 0 spiro atoms. The highest BCUT2D eigenvalue weighted by molar-refractivity contribution is 5.82. The summed E-state index contributed by atoms with van der Waals surface area (Å²) in [7, 11) is 0. The van der Waals surface area contributed by atoms with E-state index in [9.17, 15) is 4.79 Å². The van der Waals surface area contributed by atoms with Gasteiger partial charge in [0.25, 0.3) is 0 Å². The minimum atomic E-state index is -0.0504. The summed E-state index contributed by atoms with van der Waals surface area (Å²) in [5.74, 6) is 0.117. The van der Waals surface area contributed by atoms with Crippen LogP contribution in [0.1, 0.15) is 29.7 Å². The van der Waals surface area contributed by atoms with Crippen LogP contribution in [0, 0.1) is 5.92 Å². The smallest absolute Gasteiger partial charge is 0.226 e. The number of nitrogens with one attached hydrogen (secondary N) is 1. The topological polar surface area (TPSA) is 35.6 Å². The number of nitrogens with zero attached hydrogens (tertiary/aromatic N) is 2. The lowest BCUT2D eigenvalue weighted by Crippen LogP contribution is -2.61. The van der Waals surface area contributed by atoms with E-state index in [2.05, 4.69) is 88.8 Å². The van der Waals surface area contributed by atoms with Crippen molar-refractivity contribution in [1.82, 2.24) is 10.2 Å².